The molecule has 112 valence electrons. The lowest BCUT2D eigenvalue weighted by Crippen LogP contribution is -2.21. The normalized spacial score (nSPS) is 13.1. The van der Waals surface area contributed by atoms with Crippen LogP contribution in [0.15, 0.2) is 57.9 Å². The summed E-state index contributed by atoms with van der Waals surface area (Å²) in [4.78, 5) is 0.289. The van der Waals surface area contributed by atoms with Gasteiger partial charge in [0.15, 0.2) is 9.84 Å². The van der Waals surface area contributed by atoms with Crippen molar-refractivity contribution in [1.82, 2.24) is 0 Å². The molecule has 0 amide bonds. The van der Waals surface area contributed by atoms with E-state index in [1.54, 1.807) is 24.3 Å². The number of sulfone groups is 1. The van der Waals surface area contributed by atoms with Crippen LogP contribution in [0.4, 0.5) is 0 Å². The number of hydrogen-bond acceptors (Lipinski definition) is 3. The molecule has 0 aliphatic carbocycles. The number of rotatable bonds is 5. The number of nitrogens with two attached hydrogens (primary N) is 1. The second-order valence-electron chi connectivity index (χ2n) is 4.94. The van der Waals surface area contributed by atoms with Crippen LogP contribution in [-0.2, 0) is 16.3 Å². The molecule has 0 radical (unpaired) electrons. The molecular formula is C16H18BrNO2S. The summed E-state index contributed by atoms with van der Waals surface area (Å²) in [5.74, 6) is -0.102. The van der Waals surface area contributed by atoms with Gasteiger partial charge in [0.25, 0.3) is 0 Å². The first-order valence-electron chi connectivity index (χ1n) is 6.75. The maximum atomic E-state index is 12.4. The maximum absolute atomic E-state index is 12.4. The smallest absolute Gasteiger partial charge is 0.180 e. The first kappa shape index (κ1) is 16.2. The molecule has 0 heterocycles. The van der Waals surface area contributed by atoms with Crippen LogP contribution in [0.1, 0.15) is 24.1 Å². The van der Waals surface area contributed by atoms with E-state index in [0.717, 1.165) is 16.5 Å². The van der Waals surface area contributed by atoms with Gasteiger partial charge in [-0.2, -0.15) is 0 Å². The molecule has 3 nitrogen and oxygen atoms in total. The average molecular weight is 368 g/mol. The molecular weight excluding hydrogens is 350 g/mol. The molecule has 2 rings (SSSR count). The Kier molecular flexibility index (Phi) is 5.19. The van der Waals surface area contributed by atoms with Crippen molar-refractivity contribution >= 4 is 25.8 Å². The lowest BCUT2D eigenvalue weighted by Gasteiger charge is -2.13. The molecule has 0 aliphatic heterocycles. The molecule has 2 aromatic carbocycles. The third-order valence-electron chi connectivity index (χ3n) is 3.37. The predicted octanol–water partition coefficient (Wildman–Crippen LogP) is 3.49. The molecule has 0 aromatic heterocycles. The van der Waals surface area contributed by atoms with Crippen LogP contribution in [-0.4, -0.2) is 14.2 Å². The fourth-order valence-electron chi connectivity index (χ4n) is 2.09. The molecule has 0 bridgehead atoms. The quantitative estimate of drug-likeness (QED) is 0.879. The standard InChI is InChI=1S/C16H18BrNO2S/c1-2-12-6-8-13(9-7-12)16(18)11-21(19,20)15-5-3-4-14(17)10-15/h3-10,16H,2,11,18H2,1H3. The monoisotopic (exact) mass is 367 g/mol. The highest BCUT2D eigenvalue weighted by atomic mass is 79.9. The highest BCUT2D eigenvalue weighted by Crippen LogP contribution is 2.21. The Morgan fingerprint density at radius 1 is 1.14 bits per heavy atom. The first-order valence-corrected chi connectivity index (χ1v) is 9.19. The minimum absolute atomic E-state index is 0.102. The summed E-state index contributed by atoms with van der Waals surface area (Å²) < 4.78 is 25.5. The minimum atomic E-state index is -3.40. The maximum Gasteiger partial charge on any atom is 0.180 e. The summed E-state index contributed by atoms with van der Waals surface area (Å²) in [6, 6.07) is 13.9. The zero-order valence-corrected chi connectivity index (χ0v) is 14.2. The fraction of sp³-hybridized carbons (Fsp3) is 0.250. The van der Waals surface area contributed by atoms with Crippen LogP contribution >= 0.6 is 15.9 Å². The Balaban J connectivity index is 2.19. The van der Waals surface area contributed by atoms with Crippen molar-refractivity contribution in [3.8, 4) is 0 Å². The molecule has 1 atom stereocenters. The topological polar surface area (TPSA) is 60.2 Å². The van der Waals surface area contributed by atoms with Crippen LogP contribution in [0, 0.1) is 0 Å². The van der Waals surface area contributed by atoms with Crippen LogP contribution in [0.2, 0.25) is 0 Å². The van der Waals surface area contributed by atoms with Gasteiger partial charge in [-0.1, -0.05) is 53.2 Å². The third-order valence-corrected chi connectivity index (χ3v) is 5.63. The second-order valence-corrected chi connectivity index (χ2v) is 7.89. The summed E-state index contributed by atoms with van der Waals surface area (Å²) in [6.45, 7) is 2.08. The van der Waals surface area contributed by atoms with Gasteiger partial charge in [-0.25, -0.2) is 8.42 Å². The van der Waals surface area contributed by atoms with Gasteiger partial charge in [0.2, 0.25) is 0 Å². The highest BCUT2D eigenvalue weighted by molar-refractivity contribution is 9.10. The lowest BCUT2D eigenvalue weighted by atomic mass is 10.1. The number of benzene rings is 2. The largest absolute Gasteiger partial charge is 0.323 e. The first-order chi connectivity index (χ1) is 9.92. The molecule has 5 heteroatoms. The van der Waals surface area contributed by atoms with Gasteiger partial charge in [0.1, 0.15) is 0 Å². The summed E-state index contributed by atoms with van der Waals surface area (Å²) in [7, 11) is -3.40. The van der Waals surface area contributed by atoms with E-state index in [0.29, 0.717) is 0 Å². The number of hydrogen-bond donors (Lipinski definition) is 1. The van der Waals surface area contributed by atoms with Gasteiger partial charge in [-0.3, -0.25) is 0 Å². The van der Waals surface area contributed by atoms with Crippen molar-refractivity contribution in [1.29, 1.82) is 0 Å². The van der Waals surface area contributed by atoms with E-state index in [-0.39, 0.29) is 10.6 Å². The zero-order valence-electron chi connectivity index (χ0n) is 11.8. The van der Waals surface area contributed by atoms with E-state index >= 15 is 0 Å². The van der Waals surface area contributed by atoms with Gasteiger partial charge in [0.05, 0.1) is 10.6 Å². The van der Waals surface area contributed by atoms with Gasteiger partial charge in [-0.15, -0.1) is 0 Å². The van der Waals surface area contributed by atoms with E-state index in [9.17, 15) is 8.42 Å². The van der Waals surface area contributed by atoms with Crippen molar-refractivity contribution in [2.24, 2.45) is 5.73 Å². The van der Waals surface area contributed by atoms with Crippen molar-refractivity contribution < 1.29 is 8.42 Å². The summed E-state index contributed by atoms with van der Waals surface area (Å²) in [6.07, 6.45) is 0.950. The molecule has 1 unspecified atom stereocenters. The SMILES string of the molecule is CCc1ccc(C(N)CS(=O)(=O)c2cccc(Br)c2)cc1. The Hall–Kier alpha value is -1.17. The Labute approximate surface area is 134 Å². The Bertz CT molecular complexity index is 711. The Morgan fingerprint density at radius 3 is 2.38 bits per heavy atom. The van der Waals surface area contributed by atoms with E-state index in [1.807, 2.05) is 24.3 Å². The number of halogens is 1. The molecule has 0 spiro atoms. The van der Waals surface area contributed by atoms with Crippen LogP contribution in [0.5, 0.6) is 0 Å². The average Bonchev–Trinajstić information content (AvgIpc) is 2.47. The van der Waals surface area contributed by atoms with Crippen LogP contribution < -0.4 is 5.73 Å². The number of aryl methyl sites for hydroxylation is 1. The summed E-state index contributed by atoms with van der Waals surface area (Å²) >= 11 is 3.29. The van der Waals surface area contributed by atoms with Crippen molar-refractivity contribution in [2.75, 3.05) is 5.75 Å². The van der Waals surface area contributed by atoms with Gasteiger partial charge >= 0.3 is 0 Å². The molecule has 2 N–H and O–H groups in total. The second kappa shape index (κ2) is 6.73. The summed E-state index contributed by atoms with van der Waals surface area (Å²) in [5, 5.41) is 0. The van der Waals surface area contributed by atoms with Crippen molar-refractivity contribution in [2.45, 2.75) is 24.3 Å². The van der Waals surface area contributed by atoms with Crippen LogP contribution in [0.3, 0.4) is 0 Å². The fourth-order valence-corrected chi connectivity index (χ4v) is 4.09. The van der Waals surface area contributed by atoms with Gasteiger partial charge in [0, 0.05) is 10.5 Å². The Morgan fingerprint density at radius 2 is 1.81 bits per heavy atom. The van der Waals surface area contributed by atoms with E-state index in [1.165, 1.54) is 5.56 Å². The minimum Gasteiger partial charge on any atom is -0.323 e. The molecule has 0 saturated heterocycles. The van der Waals surface area contributed by atoms with Gasteiger partial charge < -0.3 is 5.73 Å². The van der Waals surface area contributed by atoms with Gasteiger partial charge in [-0.05, 0) is 35.7 Å². The van der Waals surface area contributed by atoms with Crippen molar-refractivity contribution in [3.63, 3.8) is 0 Å². The third kappa shape index (κ3) is 4.15. The van der Waals surface area contributed by atoms with E-state index in [2.05, 4.69) is 22.9 Å². The van der Waals surface area contributed by atoms with E-state index in [4.69, 9.17) is 5.73 Å². The molecule has 0 saturated carbocycles. The zero-order chi connectivity index (χ0) is 15.5. The lowest BCUT2D eigenvalue weighted by molar-refractivity contribution is 0.589. The molecule has 2 aromatic rings. The highest BCUT2D eigenvalue weighted by Gasteiger charge is 2.20. The predicted molar refractivity (Wildman–Crippen MR) is 88.9 cm³/mol. The van der Waals surface area contributed by atoms with E-state index < -0.39 is 15.9 Å². The summed E-state index contributed by atoms with van der Waals surface area (Å²) in [5.41, 5.74) is 8.10. The molecule has 0 aliphatic rings. The molecule has 0 fully saturated rings. The van der Waals surface area contributed by atoms with Crippen LogP contribution in [0.25, 0.3) is 0 Å². The molecule has 21 heavy (non-hydrogen) atoms. The van der Waals surface area contributed by atoms with Crippen molar-refractivity contribution in [3.05, 3.63) is 64.1 Å².